The third-order valence-corrected chi connectivity index (χ3v) is 7.28. The number of nitrogens with one attached hydrogen (secondary N) is 1. The number of benzene rings is 1. The lowest BCUT2D eigenvalue weighted by atomic mass is 10.2. The van der Waals surface area contributed by atoms with E-state index in [0.717, 1.165) is 23.6 Å². The number of carbonyl (C=O) groups excluding carboxylic acids is 1. The molecule has 17 heavy (non-hydrogen) atoms. The van der Waals surface area contributed by atoms with Crippen LogP contribution in [0.1, 0.15) is 30.1 Å². The minimum atomic E-state index is -0.205. The lowest BCUT2D eigenvalue weighted by molar-refractivity contribution is 0.0950. The molecular formula is C11H12I3NO2. The first-order chi connectivity index (χ1) is 7.99. The van der Waals surface area contributed by atoms with Crippen LogP contribution in [-0.2, 0) is 0 Å². The van der Waals surface area contributed by atoms with Crippen LogP contribution in [-0.4, -0.2) is 17.6 Å². The Balaban J connectivity index is 2.94. The van der Waals surface area contributed by atoms with Gasteiger partial charge >= 0.3 is 0 Å². The van der Waals surface area contributed by atoms with Crippen molar-refractivity contribution in [2.75, 3.05) is 6.54 Å². The summed E-state index contributed by atoms with van der Waals surface area (Å²) in [6.45, 7) is 2.72. The number of amides is 1. The number of hydrogen-bond acceptors (Lipinski definition) is 2. The second-order valence-electron chi connectivity index (χ2n) is 3.49. The van der Waals surface area contributed by atoms with E-state index >= 15 is 0 Å². The molecule has 0 bridgehead atoms. The molecule has 2 N–H and O–H groups in total. The number of unbranched alkanes of at least 4 members (excludes halogenated alkanes) is 1. The zero-order valence-corrected chi connectivity index (χ0v) is 15.7. The van der Waals surface area contributed by atoms with Crippen molar-refractivity contribution in [1.29, 1.82) is 0 Å². The predicted molar refractivity (Wildman–Crippen MR) is 93.5 cm³/mol. The predicted octanol–water partition coefficient (Wildman–Crippen LogP) is 3.74. The van der Waals surface area contributed by atoms with Crippen molar-refractivity contribution in [2.45, 2.75) is 19.8 Å². The van der Waals surface area contributed by atoms with Crippen molar-refractivity contribution in [3.63, 3.8) is 0 Å². The first-order valence-corrected chi connectivity index (χ1v) is 8.37. The van der Waals surface area contributed by atoms with Crippen LogP contribution in [0.4, 0.5) is 0 Å². The van der Waals surface area contributed by atoms with Gasteiger partial charge in [-0.25, -0.2) is 0 Å². The molecule has 94 valence electrons. The maximum absolute atomic E-state index is 11.9. The SMILES string of the molecule is CCCCNC(=O)c1cc(I)c(I)c(I)c1O. The second kappa shape index (κ2) is 7.31. The summed E-state index contributed by atoms with van der Waals surface area (Å²) < 4.78 is 2.69. The van der Waals surface area contributed by atoms with Crippen LogP contribution in [0.15, 0.2) is 6.07 Å². The molecule has 0 atom stereocenters. The number of rotatable bonds is 4. The first-order valence-electron chi connectivity index (χ1n) is 5.13. The van der Waals surface area contributed by atoms with Crippen molar-refractivity contribution in [3.05, 3.63) is 22.3 Å². The summed E-state index contributed by atoms with van der Waals surface area (Å²) in [5.41, 5.74) is 0.357. The smallest absolute Gasteiger partial charge is 0.255 e. The molecule has 0 radical (unpaired) electrons. The fourth-order valence-electron chi connectivity index (χ4n) is 1.23. The number of aromatic hydroxyl groups is 1. The lowest BCUT2D eigenvalue weighted by Crippen LogP contribution is -2.24. The normalized spacial score (nSPS) is 10.4. The van der Waals surface area contributed by atoms with E-state index in [4.69, 9.17) is 0 Å². The van der Waals surface area contributed by atoms with E-state index in [1.807, 2.05) is 0 Å². The third-order valence-electron chi connectivity index (χ3n) is 2.20. The van der Waals surface area contributed by atoms with Gasteiger partial charge in [0, 0.05) is 13.7 Å². The zero-order valence-electron chi connectivity index (χ0n) is 9.19. The van der Waals surface area contributed by atoms with Gasteiger partial charge in [-0.15, -0.1) is 0 Å². The van der Waals surface area contributed by atoms with Crippen molar-refractivity contribution in [1.82, 2.24) is 5.32 Å². The van der Waals surface area contributed by atoms with E-state index in [-0.39, 0.29) is 11.7 Å². The molecule has 0 aromatic heterocycles. The third kappa shape index (κ3) is 4.08. The van der Waals surface area contributed by atoms with Crippen molar-refractivity contribution < 1.29 is 9.90 Å². The number of hydrogen-bond donors (Lipinski definition) is 2. The van der Waals surface area contributed by atoms with Gasteiger partial charge in [-0.1, -0.05) is 13.3 Å². The molecule has 3 nitrogen and oxygen atoms in total. The Morgan fingerprint density at radius 1 is 1.35 bits per heavy atom. The fraction of sp³-hybridized carbons (Fsp3) is 0.364. The highest BCUT2D eigenvalue weighted by atomic mass is 127. The van der Waals surface area contributed by atoms with Crippen LogP contribution < -0.4 is 5.32 Å². The van der Waals surface area contributed by atoms with E-state index in [1.165, 1.54) is 0 Å². The molecule has 1 rings (SSSR count). The minimum absolute atomic E-state index is 0.0735. The molecule has 6 heteroatoms. The molecule has 1 aromatic carbocycles. The fourth-order valence-corrected chi connectivity index (χ4v) is 3.32. The Hall–Kier alpha value is 0.680. The first kappa shape index (κ1) is 15.7. The monoisotopic (exact) mass is 571 g/mol. The highest BCUT2D eigenvalue weighted by molar-refractivity contribution is 14.1. The quantitative estimate of drug-likeness (QED) is 0.329. The zero-order chi connectivity index (χ0) is 13.0. The average Bonchev–Trinajstić information content (AvgIpc) is 2.31. The Labute approximate surface area is 142 Å². The molecule has 0 saturated carbocycles. The van der Waals surface area contributed by atoms with E-state index in [2.05, 4.69) is 80.0 Å². The van der Waals surface area contributed by atoms with E-state index < -0.39 is 0 Å². The number of phenolic OH excluding ortho intramolecular Hbond substituents is 1. The van der Waals surface area contributed by atoms with Gasteiger partial charge < -0.3 is 10.4 Å². The summed E-state index contributed by atoms with van der Waals surface area (Å²) in [5.74, 6) is -0.132. The van der Waals surface area contributed by atoms with E-state index in [1.54, 1.807) is 6.07 Å². The molecule has 0 aliphatic heterocycles. The summed E-state index contributed by atoms with van der Waals surface area (Å²) in [6.07, 6.45) is 1.99. The molecule has 0 spiro atoms. The van der Waals surface area contributed by atoms with Crippen LogP contribution in [0.3, 0.4) is 0 Å². The number of phenols is 1. The van der Waals surface area contributed by atoms with Gasteiger partial charge in [-0.05, 0) is 80.3 Å². The highest BCUT2D eigenvalue weighted by Crippen LogP contribution is 2.32. The van der Waals surface area contributed by atoms with Gasteiger partial charge in [-0.3, -0.25) is 4.79 Å². The van der Waals surface area contributed by atoms with Gasteiger partial charge in [0.05, 0.1) is 9.13 Å². The van der Waals surface area contributed by atoms with E-state index in [9.17, 15) is 9.90 Å². The summed E-state index contributed by atoms with van der Waals surface area (Å²) in [7, 11) is 0. The van der Waals surface area contributed by atoms with Gasteiger partial charge in [0.15, 0.2) is 0 Å². The van der Waals surface area contributed by atoms with Gasteiger partial charge in [-0.2, -0.15) is 0 Å². The summed E-state index contributed by atoms with van der Waals surface area (Å²) in [6, 6.07) is 1.72. The molecule has 0 unspecified atom stereocenters. The molecule has 0 aliphatic carbocycles. The molecule has 0 fully saturated rings. The van der Waals surface area contributed by atoms with Crippen LogP contribution in [0, 0.1) is 10.7 Å². The molecule has 0 saturated heterocycles. The molecule has 0 aliphatic rings. The van der Waals surface area contributed by atoms with E-state index in [0.29, 0.717) is 12.1 Å². The maximum atomic E-state index is 11.9. The topological polar surface area (TPSA) is 49.3 Å². The largest absolute Gasteiger partial charge is 0.506 e. The highest BCUT2D eigenvalue weighted by Gasteiger charge is 2.17. The van der Waals surface area contributed by atoms with Gasteiger partial charge in [0.1, 0.15) is 5.75 Å². The number of carbonyl (C=O) groups is 1. The van der Waals surface area contributed by atoms with Crippen molar-refractivity contribution in [3.8, 4) is 5.75 Å². The Morgan fingerprint density at radius 2 is 2.00 bits per heavy atom. The lowest BCUT2D eigenvalue weighted by Gasteiger charge is -2.10. The molecule has 1 aromatic rings. The van der Waals surface area contributed by atoms with Gasteiger partial charge in [0.2, 0.25) is 0 Å². The second-order valence-corrected chi connectivity index (χ2v) is 6.81. The van der Waals surface area contributed by atoms with Crippen LogP contribution in [0.2, 0.25) is 0 Å². The summed E-state index contributed by atoms with van der Waals surface area (Å²) in [4.78, 5) is 11.9. The Morgan fingerprint density at radius 3 is 2.59 bits per heavy atom. The summed E-state index contributed by atoms with van der Waals surface area (Å²) in [5, 5.41) is 12.8. The van der Waals surface area contributed by atoms with Crippen LogP contribution in [0.25, 0.3) is 0 Å². The standard InChI is InChI=1S/C11H12I3NO2/c1-2-3-4-15-11(17)6-5-7(12)8(13)9(14)10(6)16/h5,16H,2-4H2,1H3,(H,15,17). The summed E-state index contributed by atoms with van der Waals surface area (Å²) >= 11 is 6.39. The van der Waals surface area contributed by atoms with Crippen molar-refractivity contribution in [2.24, 2.45) is 0 Å². The molecular weight excluding hydrogens is 559 g/mol. The maximum Gasteiger partial charge on any atom is 0.255 e. The van der Waals surface area contributed by atoms with Crippen molar-refractivity contribution >= 4 is 73.7 Å². The van der Waals surface area contributed by atoms with Crippen LogP contribution >= 0.6 is 67.8 Å². The minimum Gasteiger partial charge on any atom is -0.506 e. The molecule has 0 heterocycles. The van der Waals surface area contributed by atoms with Crippen LogP contribution in [0.5, 0.6) is 5.75 Å². The van der Waals surface area contributed by atoms with Gasteiger partial charge in [0.25, 0.3) is 5.91 Å². The average molecular weight is 571 g/mol. The molecule has 1 amide bonds. The number of halogens is 3. The Bertz CT molecular complexity index is 435. The Kier molecular flexibility index (Phi) is 6.77.